The maximum absolute atomic E-state index is 14.3. The van der Waals surface area contributed by atoms with Gasteiger partial charge in [0.15, 0.2) is 5.78 Å². The van der Waals surface area contributed by atoms with Gasteiger partial charge in [-0.3, -0.25) is 9.59 Å². The zero-order valence-corrected chi connectivity index (χ0v) is 22.7. The number of nitrogens with zero attached hydrogens (tertiary/aromatic N) is 3. The number of hydrogen-bond donors (Lipinski definition) is 0. The van der Waals surface area contributed by atoms with Crippen LogP contribution in [-0.4, -0.2) is 39.2 Å². The highest BCUT2D eigenvalue weighted by atomic mass is 35.5. The van der Waals surface area contributed by atoms with Gasteiger partial charge in [-0.05, 0) is 66.0 Å². The van der Waals surface area contributed by atoms with Crippen LogP contribution in [0.3, 0.4) is 0 Å². The standard InChI is InChI=1S/C29H35ClFN3O2/c1-17-20(13-25(35)22-14-21(30)7-8-24(22)31)15-32-27-26(17)23(16-33(27)6)19-9-11-34(12-10-19)28(36)18(2)29(3,4)5/h7-8,14-16,18-19H,9-13H2,1-6H3/t18-/m0/s1. The Morgan fingerprint density at radius 1 is 1.22 bits per heavy atom. The predicted molar refractivity (Wildman–Crippen MR) is 142 cm³/mol. The van der Waals surface area contributed by atoms with Crippen molar-refractivity contribution in [3.8, 4) is 0 Å². The van der Waals surface area contributed by atoms with Gasteiger partial charge in [0.25, 0.3) is 0 Å². The fourth-order valence-corrected chi connectivity index (χ4v) is 5.27. The molecule has 5 nitrogen and oxygen atoms in total. The molecule has 1 amide bonds. The molecular formula is C29H35ClFN3O2. The summed E-state index contributed by atoms with van der Waals surface area (Å²) in [5.41, 5.74) is 3.78. The molecule has 3 aromatic rings. The van der Waals surface area contributed by atoms with Gasteiger partial charge in [-0.15, -0.1) is 0 Å². The Labute approximate surface area is 217 Å². The lowest BCUT2D eigenvalue weighted by Gasteiger charge is -2.37. The summed E-state index contributed by atoms with van der Waals surface area (Å²) in [5.74, 6) is -0.386. The highest BCUT2D eigenvalue weighted by Gasteiger charge is 2.33. The highest BCUT2D eigenvalue weighted by Crippen LogP contribution is 2.37. The summed E-state index contributed by atoms with van der Waals surface area (Å²) < 4.78 is 16.3. The zero-order valence-electron chi connectivity index (χ0n) is 22.0. The molecule has 1 atom stereocenters. The minimum atomic E-state index is -0.571. The van der Waals surface area contributed by atoms with Gasteiger partial charge in [-0.2, -0.15) is 0 Å². The number of likely N-dealkylation sites (tertiary alicyclic amines) is 1. The zero-order chi connectivity index (χ0) is 26.4. The molecule has 0 saturated carbocycles. The van der Waals surface area contributed by atoms with Crippen molar-refractivity contribution in [1.82, 2.24) is 14.5 Å². The monoisotopic (exact) mass is 511 g/mol. The summed E-state index contributed by atoms with van der Waals surface area (Å²) in [6, 6.07) is 4.04. The summed E-state index contributed by atoms with van der Waals surface area (Å²) in [6.45, 7) is 11.8. The average Bonchev–Trinajstić information content (AvgIpc) is 3.17. The van der Waals surface area contributed by atoms with Crippen LogP contribution in [0, 0.1) is 24.1 Å². The van der Waals surface area contributed by atoms with E-state index < -0.39 is 5.82 Å². The van der Waals surface area contributed by atoms with Gasteiger partial charge in [0.05, 0.1) is 5.56 Å². The van der Waals surface area contributed by atoms with Gasteiger partial charge in [-0.1, -0.05) is 39.3 Å². The van der Waals surface area contributed by atoms with Crippen LogP contribution < -0.4 is 0 Å². The van der Waals surface area contributed by atoms with Crippen LogP contribution in [0.1, 0.15) is 73.5 Å². The molecule has 1 aromatic carbocycles. The first-order valence-electron chi connectivity index (χ1n) is 12.6. The summed E-state index contributed by atoms with van der Waals surface area (Å²) >= 11 is 5.99. The molecule has 0 spiro atoms. The van der Waals surface area contributed by atoms with Crippen LogP contribution in [0.4, 0.5) is 4.39 Å². The number of carbonyl (C=O) groups is 2. The number of aryl methyl sites for hydroxylation is 2. The van der Waals surface area contributed by atoms with E-state index in [2.05, 4.69) is 32.0 Å². The number of rotatable bonds is 5. The largest absolute Gasteiger partial charge is 0.342 e. The van der Waals surface area contributed by atoms with Crippen molar-refractivity contribution in [2.24, 2.45) is 18.4 Å². The minimum absolute atomic E-state index is 0.00296. The number of piperidine rings is 1. The fourth-order valence-electron chi connectivity index (χ4n) is 5.10. The first kappa shape index (κ1) is 26.3. The number of halogens is 2. The van der Waals surface area contributed by atoms with E-state index >= 15 is 0 Å². The van der Waals surface area contributed by atoms with Crippen LogP contribution in [-0.2, 0) is 18.3 Å². The van der Waals surface area contributed by atoms with Crippen LogP contribution in [0.2, 0.25) is 5.02 Å². The third-order valence-corrected chi connectivity index (χ3v) is 8.11. The summed E-state index contributed by atoms with van der Waals surface area (Å²) in [7, 11) is 1.98. The molecule has 0 radical (unpaired) electrons. The number of fused-ring (bicyclic) bond motifs is 1. The van der Waals surface area contributed by atoms with E-state index in [9.17, 15) is 14.0 Å². The SMILES string of the molecule is Cc1c(CC(=O)c2cc(Cl)ccc2F)cnc2c1c(C1CCN(C(=O)[C@H](C)C(C)(C)C)CC1)cn2C. The molecule has 0 aliphatic carbocycles. The second-order valence-electron chi connectivity index (χ2n) is 11.2. The lowest BCUT2D eigenvalue weighted by atomic mass is 9.80. The first-order chi connectivity index (χ1) is 16.9. The molecule has 1 aliphatic rings. The second-order valence-corrected chi connectivity index (χ2v) is 11.7. The molecule has 36 heavy (non-hydrogen) atoms. The number of amides is 1. The van der Waals surface area contributed by atoms with Crippen LogP contribution in [0.5, 0.6) is 0 Å². The average molecular weight is 512 g/mol. The van der Waals surface area contributed by atoms with Gasteiger partial charge < -0.3 is 9.47 Å². The van der Waals surface area contributed by atoms with Crippen molar-refractivity contribution in [2.45, 2.75) is 59.8 Å². The van der Waals surface area contributed by atoms with E-state index in [1.807, 2.05) is 30.4 Å². The number of pyridine rings is 1. The molecule has 0 N–H and O–H groups in total. The minimum Gasteiger partial charge on any atom is -0.342 e. The lowest BCUT2D eigenvalue weighted by Crippen LogP contribution is -2.43. The summed E-state index contributed by atoms with van der Waals surface area (Å²) in [5, 5.41) is 1.39. The van der Waals surface area contributed by atoms with Gasteiger partial charge in [0.1, 0.15) is 11.5 Å². The first-order valence-corrected chi connectivity index (χ1v) is 13.0. The van der Waals surface area contributed by atoms with E-state index in [0.29, 0.717) is 10.9 Å². The van der Waals surface area contributed by atoms with Gasteiger partial charge >= 0.3 is 0 Å². The molecule has 0 bridgehead atoms. The molecule has 3 heterocycles. The van der Waals surface area contributed by atoms with Crippen molar-refractivity contribution in [2.75, 3.05) is 13.1 Å². The normalized spacial score (nSPS) is 15.9. The number of Topliss-reactive ketones (excluding diaryl/α,β-unsaturated/α-hetero) is 1. The number of ketones is 1. The summed E-state index contributed by atoms with van der Waals surface area (Å²) in [4.78, 5) is 32.6. The fraction of sp³-hybridized carbons (Fsp3) is 0.483. The van der Waals surface area contributed by atoms with Crippen molar-refractivity contribution in [3.63, 3.8) is 0 Å². The Morgan fingerprint density at radius 2 is 1.89 bits per heavy atom. The Balaban J connectivity index is 1.58. The molecule has 7 heteroatoms. The van der Waals surface area contributed by atoms with E-state index in [1.54, 1.807) is 6.20 Å². The Kier molecular flexibility index (Phi) is 7.29. The van der Waals surface area contributed by atoms with Crippen molar-refractivity contribution in [1.29, 1.82) is 0 Å². The molecule has 1 aliphatic heterocycles. The van der Waals surface area contributed by atoms with Gasteiger partial charge in [0, 0.05) is 55.3 Å². The predicted octanol–water partition coefficient (Wildman–Crippen LogP) is 6.49. The van der Waals surface area contributed by atoms with E-state index in [0.717, 1.165) is 48.1 Å². The quantitative estimate of drug-likeness (QED) is 0.368. The van der Waals surface area contributed by atoms with E-state index in [-0.39, 0.29) is 35.0 Å². The number of aromatic nitrogens is 2. The third kappa shape index (κ3) is 5.06. The molecule has 4 rings (SSSR count). The molecule has 2 aromatic heterocycles. The Morgan fingerprint density at radius 3 is 2.53 bits per heavy atom. The third-order valence-electron chi connectivity index (χ3n) is 7.87. The van der Waals surface area contributed by atoms with Gasteiger partial charge in [0.2, 0.25) is 5.91 Å². The van der Waals surface area contributed by atoms with Crippen molar-refractivity contribution in [3.05, 3.63) is 63.7 Å². The number of benzene rings is 1. The highest BCUT2D eigenvalue weighted by molar-refractivity contribution is 6.31. The Hall–Kier alpha value is -2.73. The van der Waals surface area contributed by atoms with E-state index in [1.165, 1.54) is 23.8 Å². The lowest BCUT2D eigenvalue weighted by molar-refractivity contribution is -0.139. The molecule has 1 saturated heterocycles. The van der Waals surface area contributed by atoms with Crippen molar-refractivity contribution < 1.29 is 14.0 Å². The molecule has 1 fully saturated rings. The Bertz CT molecular complexity index is 1320. The summed E-state index contributed by atoms with van der Waals surface area (Å²) in [6.07, 6.45) is 5.68. The van der Waals surface area contributed by atoms with E-state index in [4.69, 9.17) is 11.6 Å². The number of carbonyl (C=O) groups excluding carboxylic acids is 2. The van der Waals surface area contributed by atoms with Crippen LogP contribution in [0.25, 0.3) is 11.0 Å². The topological polar surface area (TPSA) is 55.2 Å². The molecule has 192 valence electrons. The van der Waals surface area contributed by atoms with Crippen LogP contribution in [0.15, 0.2) is 30.6 Å². The van der Waals surface area contributed by atoms with Crippen molar-refractivity contribution >= 4 is 34.3 Å². The maximum atomic E-state index is 14.3. The van der Waals surface area contributed by atoms with Crippen LogP contribution >= 0.6 is 11.6 Å². The number of hydrogen-bond acceptors (Lipinski definition) is 3. The smallest absolute Gasteiger partial charge is 0.225 e. The maximum Gasteiger partial charge on any atom is 0.225 e. The molecule has 0 unspecified atom stereocenters. The molecular weight excluding hydrogens is 477 g/mol. The second kappa shape index (κ2) is 9.97. The van der Waals surface area contributed by atoms with Gasteiger partial charge in [-0.25, -0.2) is 9.37 Å².